The molecule has 0 amide bonds. The summed E-state index contributed by atoms with van der Waals surface area (Å²) in [5, 5.41) is 0.657. The van der Waals surface area contributed by atoms with Gasteiger partial charge in [0.05, 0.1) is 11.3 Å². The largest absolute Gasteiger partial charge is 0.455 e. The lowest BCUT2D eigenvalue weighted by Gasteiger charge is -2.15. The molecule has 30 heavy (non-hydrogen) atoms. The number of furan rings is 1. The van der Waals surface area contributed by atoms with E-state index in [0.717, 1.165) is 16.8 Å². The number of rotatable bonds is 6. The Bertz CT molecular complexity index is 1120. The molecule has 0 fully saturated rings. The maximum atomic E-state index is 13.3. The minimum Gasteiger partial charge on any atom is -0.455 e. The fraction of sp³-hybridized carbons (Fsp3) is 0.174. The van der Waals surface area contributed by atoms with Crippen LogP contribution in [0.4, 0.5) is 8.78 Å². The molecule has 1 aromatic heterocycles. The second-order valence-corrected chi connectivity index (χ2v) is 7.79. The predicted molar refractivity (Wildman–Crippen MR) is 121 cm³/mol. The molecule has 0 saturated heterocycles. The first-order valence-corrected chi connectivity index (χ1v) is 10.1. The van der Waals surface area contributed by atoms with Gasteiger partial charge in [0.15, 0.2) is 0 Å². The summed E-state index contributed by atoms with van der Waals surface area (Å²) in [4.78, 5) is 4.64. The van der Waals surface area contributed by atoms with Crippen LogP contribution >= 0.6 is 20.8 Å². The van der Waals surface area contributed by atoms with Gasteiger partial charge in [0.2, 0.25) is 0 Å². The van der Waals surface area contributed by atoms with Crippen LogP contribution in [-0.2, 0) is 0 Å². The Morgan fingerprint density at radius 3 is 2.37 bits per heavy atom. The van der Waals surface area contributed by atoms with Gasteiger partial charge in [-0.05, 0) is 71.5 Å². The number of benzene rings is 2. The number of allylic oxidation sites excluding steroid dienone is 2. The van der Waals surface area contributed by atoms with Gasteiger partial charge >= 0.3 is 5.85 Å². The average Bonchev–Trinajstić information content (AvgIpc) is 3.17. The lowest BCUT2D eigenvalue weighted by molar-refractivity contribution is -0.0889. The smallest absolute Gasteiger partial charge is 0.408 e. The third-order valence-electron chi connectivity index (χ3n) is 4.52. The van der Waals surface area contributed by atoms with Gasteiger partial charge in [0.1, 0.15) is 17.3 Å². The van der Waals surface area contributed by atoms with E-state index in [0.29, 0.717) is 27.8 Å². The summed E-state index contributed by atoms with van der Waals surface area (Å²) in [5.74, 6) is -2.41. The lowest BCUT2D eigenvalue weighted by Crippen LogP contribution is -2.15. The topological polar surface area (TPSA) is 34.7 Å². The van der Waals surface area contributed by atoms with Crippen molar-refractivity contribution in [2.24, 2.45) is 4.99 Å². The molecule has 0 bridgehead atoms. The number of hydrogen-bond donors (Lipinski definition) is 0. The Hall–Kier alpha value is -2.49. The van der Waals surface area contributed by atoms with Crippen molar-refractivity contribution in [3.05, 3.63) is 82.7 Å². The zero-order chi connectivity index (χ0) is 21.9. The number of hydrogen-bond acceptors (Lipinski definition) is 3. The van der Waals surface area contributed by atoms with Crippen LogP contribution in [0.25, 0.3) is 16.9 Å². The second-order valence-electron chi connectivity index (χ2n) is 6.71. The number of ether oxygens (including phenoxy) is 1. The fourth-order valence-corrected chi connectivity index (χ4v) is 3.34. The summed E-state index contributed by atoms with van der Waals surface area (Å²) < 4.78 is 37.2. The van der Waals surface area contributed by atoms with E-state index in [2.05, 4.69) is 4.99 Å². The molecule has 0 aliphatic rings. The normalized spacial score (nSPS) is 13.2. The second kappa shape index (κ2) is 9.11. The van der Waals surface area contributed by atoms with Crippen LogP contribution in [0.1, 0.15) is 32.1 Å². The Kier molecular flexibility index (Phi) is 6.74. The molecule has 7 heteroatoms. The van der Waals surface area contributed by atoms with Gasteiger partial charge in [-0.15, -0.1) is 0 Å². The van der Waals surface area contributed by atoms with E-state index in [1.165, 1.54) is 15.3 Å². The van der Waals surface area contributed by atoms with E-state index in [1.807, 2.05) is 45.0 Å². The van der Waals surface area contributed by atoms with E-state index in [9.17, 15) is 8.78 Å². The molecule has 3 nitrogen and oxygen atoms in total. The first-order valence-electron chi connectivity index (χ1n) is 9.18. The molecule has 2 aromatic carbocycles. The van der Waals surface area contributed by atoms with Gasteiger partial charge < -0.3 is 9.15 Å². The van der Waals surface area contributed by atoms with Gasteiger partial charge in [0, 0.05) is 10.7 Å². The Morgan fingerprint density at radius 1 is 1.00 bits per heavy atom. The molecular formula is C23H21ClF2NO2P. The standard InChI is InChI=1S/C23H21ClF2NO2P/c1-14(17-8-4-6-10-19(17)24)15(2)27-16(3)20-12-13-21(28-20)18-9-5-7-11-22(18)29-23(25,26)30/h4-13H,30H2,1-3H3/b15-14+,27-16?. The van der Waals surface area contributed by atoms with Crippen molar-refractivity contribution in [2.75, 3.05) is 0 Å². The van der Waals surface area contributed by atoms with Gasteiger partial charge in [-0.2, -0.15) is 8.78 Å². The highest BCUT2D eigenvalue weighted by Crippen LogP contribution is 2.36. The van der Waals surface area contributed by atoms with Crippen LogP contribution in [0.2, 0.25) is 5.02 Å². The van der Waals surface area contributed by atoms with E-state index >= 15 is 0 Å². The van der Waals surface area contributed by atoms with Crippen molar-refractivity contribution in [3.8, 4) is 17.1 Å². The van der Waals surface area contributed by atoms with Crippen molar-refractivity contribution < 1.29 is 17.9 Å². The van der Waals surface area contributed by atoms with Crippen molar-refractivity contribution in [3.63, 3.8) is 0 Å². The van der Waals surface area contributed by atoms with Crippen molar-refractivity contribution in [1.29, 1.82) is 0 Å². The minimum atomic E-state index is -3.37. The zero-order valence-electron chi connectivity index (χ0n) is 16.7. The molecule has 0 N–H and O–H groups in total. The van der Waals surface area contributed by atoms with Gasteiger partial charge in [-0.3, -0.25) is 4.99 Å². The molecule has 3 aromatic rings. The van der Waals surface area contributed by atoms with Crippen LogP contribution in [-0.4, -0.2) is 11.6 Å². The van der Waals surface area contributed by atoms with Crippen LogP contribution in [0.3, 0.4) is 0 Å². The van der Waals surface area contributed by atoms with Crippen molar-refractivity contribution in [1.82, 2.24) is 0 Å². The number of nitrogens with zero attached hydrogens (tertiary/aromatic N) is 1. The molecular weight excluding hydrogens is 427 g/mol. The fourth-order valence-electron chi connectivity index (χ4n) is 2.93. The van der Waals surface area contributed by atoms with Crippen LogP contribution in [0.5, 0.6) is 5.75 Å². The SMILES string of the molecule is CC(=N/C(C)=C(\C)c1ccccc1Cl)c1ccc(-c2ccccc2OC(F)(F)P)o1. The molecule has 0 aliphatic carbocycles. The molecule has 1 unspecified atom stereocenters. The number of halogens is 3. The predicted octanol–water partition coefficient (Wildman–Crippen LogP) is 7.66. The van der Waals surface area contributed by atoms with Crippen molar-refractivity contribution in [2.45, 2.75) is 26.6 Å². The average molecular weight is 448 g/mol. The monoisotopic (exact) mass is 447 g/mol. The van der Waals surface area contributed by atoms with Crippen LogP contribution in [0.15, 0.2) is 75.8 Å². The summed E-state index contributed by atoms with van der Waals surface area (Å²) in [6, 6.07) is 17.5. The Labute approximate surface area is 181 Å². The highest BCUT2D eigenvalue weighted by Gasteiger charge is 2.25. The third-order valence-corrected chi connectivity index (χ3v) is 4.96. The molecule has 0 aliphatic heterocycles. The van der Waals surface area contributed by atoms with E-state index in [-0.39, 0.29) is 5.75 Å². The highest BCUT2D eigenvalue weighted by molar-refractivity contribution is 7.17. The summed E-state index contributed by atoms with van der Waals surface area (Å²) in [6.07, 6.45) is 0. The number of aliphatic imine (C=N–C) groups is 1. The van der Waals surface area contributed by atoms with Crippen LogP contribution < -0.4 is 4.74 Å². The van der Waals surface area contributed by atoms with E-state index < -0.39 is 5.85 Å². The van der Waals surface area contributed by atoms with Gasteiger partial charge in [-0.1, -0.05) is 41.9 Å². The maximum absolute atomic E-state index is 13.3. The maximum Gasteiger partial charge on any atom is 0.408 e. The van der Waals surface area contributed by atoms with Gasteiger partial charge in [-0.25, -0.2) is 0 Å². The molecule has 0 spiro atoms. The lowest BCUT2D eigenvalue weighted by atomic mass is 10.1. The zero-order valence-corrected chi connectivity index (χ0v) is 18.7. The summed E-state index contributed by atoms with van der Waals surface area (Å²) in [5.41, 5.74) is 3.74. The first-order chi connectivity index (χ1) is 14.2. The third kappa shape index (κ3) is 5.35. The molecule has 0 saturated carbocycles. The number of para-hydroxylation sites is 1. The highest BCUT2D eigenvalue weighted by atomic mass is 35.5. The molecule has 156 valence electrons. The Morgan fingerprint density at radius 2 is 1.67 bits per heavy atom. The quantitative estimate of drug-likeness (QED) is 0.287. The minimum absolute atomic E-state index is 0.0265. The molecule has 1 heterocycles. The summed E-state index contributed by atoms with van der Waals surface area (Å²) in [7, 11) is 1.36. The first kappa shape index (κ1) is 22.2. The van der Waals surface area contributed by atoms with E-state index in [4.69, 9.17) is 20.8 Å². The number of alkyl halides is 2. The summed E-state index contributed by atoms with van der Waals surface area (Å²) >= 11 is 6.28. The van der Waals surface area contributed by atoms with Crippen LogP contribution in [0, 0.1) is 0 Å². The molecule has 1 atom stereocenters. The van der Waals surface area contributed by atoms with E-state index in [1.54, 1.807) is 30.3 Å². The molecule has 3 rings (SSSR count). The van der Waals surface area contributed by atoms with Gasteiger partial charge in [0.25, 0.3) is 0 Å². The van der Waals surface area contributed by atoms with Crippen molar-refractivity contribution >= 4 is 32.1 Å². The molecule has 0 radical (unpaired) electrons. The Balaban J connectivity index is 1.92. The summed E-state index contributed by atoms with van der Waals surface area (Å²) in [6.45, 7) is 5.68.